The first-order valence-corrected chi connectivity index (χ1v) is 20.7. The van der Waals surface area contributed by atoms with Crippen LogP contribution in [0.15, 0.2) is 200 Å². The second kappa shape index (κ2) is 13.6. The van der Waals surface area contributed by atoms with Crippen LogP contribution >= 0.6 is 0 Å². The highest BCUT2D eigenvalue weighted by molar-refractivity contribution is 6.91. The molecule has 0 fully saturated rings. The zero-order valence-corrected chi connectivity index (χ0v) is 32.5. The highest BCUT2D eigenvalue weighted by atomic mass is 15.2. The fourth-order valence-electron chi connectivity index (χ4n) is 10.2. The van der Waals surface area contributed by atoms with E-state index in [0.717, 1.165) is 35.6 Å². The molecule has 0 bridgehead atoms. The maximum Gasteiger partial charge on any atom is 0.226 e. The quantitative estimate of drug-likeness (QED) is 0.124. The zero-order valence-electron chi connectivity index (χ0n) is 32.5. The van der Waals surface area contributed by atoms with Crippen LogP contribution in [-0.4, -0.2) is 17.3 Å². The van der Waals surface area contributed by atoms with Crippen LogP contribution in [0.5, 0.6) is 0 Å². The van der Waals surface area contributed by atoms with Gasteiger partial charge in [-0.2, -0.15) is 0 Å². The molecule has 0 saturated carbocycles. The molecule has 59 heavy (non-hydrogen) atoms. The lowest BCUT2D eigenvalue weighted by Gasteiger charge is -2.50. The van der Waals surface area contributed by atoms with Gasteiger partial charge in [-0.1, -0.05) is 121 Å². The van der Waals surface area contributed by atoms with Crippen LogP contribution in [-0.2, 0) is 6.42 Å². The molecule has 4 nitrogen and oxygen atoms in total. The van der Waals surface area contributed by atoms with Crippen molar-refractivity contribution in [2.24, 2.45) is 0 Å². The summed E-state index contributed by atoms with van der Waals surface area (Å²) >= 11 is 0. The van der Waals surface area contributed by atoms with Crippen molar-refractivity contribution in [3.05, 3.63) is 211 Å². The zero-order chi connectivity index (χ0) is 38.9. The largest absolute Gasteiger partial charge is 0.335 e. The molecule has 7 aromatic carbocycles. The van der Waals surface area contributed by atoms with E-state index in [1.54, 1.807) is 0 Å². The molecule has 0 N–H and O–H groups in total. The molecular formula is C54H39BN4. The maximum atomic E-state index is 3.53. The van der Waals surface area contributed by atoms with E-state index < -0.39 is 0 Å². The molecule has 0 spiro atoms. The van der Waals surface area contributed by atoms with Crippen molar-refractivity contribution in [1.29, 1.82) is 0 Å². The van der Waals surface area contributed by atoms with Gasteiger partial charge in [0.05, 0.1) is 17.1 Å². The molecule has 2 unspecified atom stereocenters. The van der Waals surface area contributed by atoms with Gasteiger partial charge in [0, 0.05) is 75.1 Å². The first-order chi connectivity index (χ1) is 29.3. The fraction of sp³-hybridized carbons (Fsp3) is 0.0741. The summed E-state index contributed by atoms with van der Waals surface area (Å²) in [6.45, 7) is 0.147. The van der Waals surface area contributed by atoms with Crippen LogP contribution in [0.3, 0.4) is 0 Å². The van der Waals surface area contributed by atoms with E-state index in [2.05, 4.69) is 231 Å². The van der Waals surface area contributed by atoms with Gasteiger partial charge in [0.2, 0.25) is 6.71 Å². The SMILES string of the molecule is C1#Cc2c(n(-c3ccccc3)c3cc(N4c5cccc6c5B(c5ccc(N(c7ccccc7)c7ccccc7)cc5N6c5ccccc5)C5C=CC=CC54)ccc23)CC1. The first kappa shape index (κ1) is 33.7. The molecule has 3 heterocycles. The van der Waals surface area contributed by atoms with Gasteiger partial charge in [0.25, 0.3) is 0 Å². The number of fused-ring (bicyclic) bond motifs is 7. The number of rotatable bonds is 6. The molecule has 0 amide bonds. The summed E-state index contributed by atoms with van der Waals surface area (Å²) in [5, 5.41) is 1.22. The molecule has 4 aliphatic rings. The highest BCUT2D eigenvalue weighted by Gasteiger charge is 2.48. The lowest BCUT2D eigenvalue weighted by atomic mass is 9.29. The van der Waals surface area contributed by atoms with Crippen molar-refractivity contribution < 1.29 is 0 Å². The molecule has 5 heteroatoms. The van der Waals surface area contributed by atoms with E-state index in [9.17, 15) is 0 Å². The number of hydrogen-bond acceptors (Lipinski definition) is 3. The smallest absolute Gasteiger partial charge is 0.226 e. The van der Waals surface area contributed by atoms with E-state index in [4.69, 9.17) is 0 Å². The molecular weight excluding hydrogens is 715 g/mol. The second-order valence-corrected chi connectivity index (χ2v) is 15.8. The van der Waals surface area contributed by atoms with Crippen LogP contribution in [0.4, 0.5) is 45.5 Å². The minimum absolute atomic E-state index is 0.112. The van der Waals surface area contributed by atoms with E-state index in [1.807, 2.05) is 0 Å². The van der Waals surface area contributed by atoms with Gasteiger partial charge in [-0.25, -0.2) is 0 Å². The summed E-state index contributed by atoms with van der Waals surface area (Å²) in [6.07, 6.45) is 11.2. The Balaban J connectivity index is 1.08. The van der Waals surface area contributed by atoms with E-state index >= 15 is 0 Å². The molecule has 8 aromatic rings. The number of nitrogens with zero attached hydrogens (tertiary/aromatic N) is 4. The monoisotopic (exact) mass is 754 g/mol. The van der Waals surface area contributed by atoms with Crippen LogP contribution in [0.1, 0.15) is 17.7 Å². The normalized spacial score (nSPS) is 16.8. The summed E-state index contributed by atoms with van der Waals surface area (Å²) in [7, 11) is 0. The van der Waals surface area contributed by atoms with Gasteiger partial charge in [-0.3, -0.25) is 0 Å². The average Bonchev–Trinajstić information content (AvgIpc) is 3.64. The van der Waals surface area contributed by atoms with Gasteiger partial charge in [-0.05, 0) is 108 Å². The van der Waals surface area contributed by atoms with Crippen LogP contribution in [0.25, 0.3) is 16.6 Å². The summed E-state index contributed by atoms with van der Waals surface area (Å²) in [6, 6.07) is 64.4. The topological polar surface area (TPSA) is 14.7 Å². The third-order valence-electron chi connectivity index (χ3n) is 12.6. The molecule has 278 valence electrons. The van der Waals surface area contributed by atoms with Crippen molar-refractivity contribution in [2.45, 2.75) is 24.7 Å². The number of para-hydroxylation sites is 4. The Morgan fingerprint density at radius 3 is 1.98 bits per heavy atom. The van der Waals surface area contributed by atoms with Crippen molar-refractivity contribution >= 4 is 74.0 Å². The van der Waals surface area contributed by atoms with E-state index in [0.29, 0.717) is 0 Å². The number of allylic oxidation sites excluding steroid dienone is 2. The summed E-state index contributed by atoms with van der Waals surface area (Å²) < 4.78 is 2.46. The minimum Gasteiger partial charge on any atom is -0.335 e. The molecule has 0 radical (unpaired) electrons. The lowest BCUT2D eigenvalue weighted by molar-refractivity contribution is 0.766. The van der Waals surface area contributed by atoms with E-state index in [1.165, 1.54) is 61.5 Å². The summed E-state index contributed by atoms with van der Waals surface area (Å²) in [5.74, 6) is 7.13. The second-order valence-electron chi connectivity index (χ2n) is 15.8. The van der Waals surface area contributed by atoms with Crippen LogP contribution in [0.2, 0.25) is 5.82 Å². The minimum atomic E-state index is 0.112. The molecule has 0 saturated heterocycles. The standard InChI is InChI=1S/C54H39BN4/c1-5-18-38(19-6-1)56(39-20-7-2-8-21-39)42-33-35-47-53(37-42)58(41-24-11-4-12-25-41)50-30-17-31-51-54(50)55(47)46-27-14-16-29-49(46)59(51)43-32-34-45-44-26-13-15-28-48(44)57(52(45)36-43)40-22-9-3-10-23-40/h1-12,14,16-25,27,29-37,46,49H,15,28H2. The lowest BCUT2D eigenvalue weighted by Crippen LogP contribution is -2.61. The number of hydrogen-bond donors (Lipinski definition) is 0. The fourth-order valence-corrected chi connectivity index (χ4v) is 10.2. The van der Waals surface area contributed by atoms with Gasteiger partial charge in [0.1, 0.15) is 0 Å². The van der Waals surface area contributed by atoms with Gasteiger partial charge in [0.15, 0.2) is 0 Å². The average molecular weight is 755 g/mol. The first-order valence-electron chi connectivity index (χ1n) is 20.7. The number of benzene rings is 7. The van der Waals surface area contributed by atoms with Crippen molar-refractivity contribution in [3.8, 4) is 17.5 Å². The summed E-state index contributed by atoms with van der Waals surface area (Å²) in [5.41, 5.74) is 17.0. The molecule has 2 aliphatic carbocycles. The van der Waals surface area contributed by atoms with Crippen molar-refractivity contribution in [3.63, 3.8) is 0 Å². The highest BCUT2D eigenvalue weighted by Crippen LogP contribution is 2.49. The predicted octanol–water partition coefficient (Wildman–Crippen LogP) is 11.8. The van der Waals surface area contributed by atoms with Crippen molar-refractivity contribution in [1.82, 2.24) is 4.57 Å². The Kier molecular flexibility index (Phi) is 7.78. The third kappa shape index (κ3) is 5.27. The third-order valence-corrected chi connectivity index (χ3v) is 12.6. The molecule has 2 atom stereocenters. The Hall–Kier alpha value is -7.42. The van der Waals surface area contributed by atoms with Gasteiger partial charge in [-0.15, -0.1) is 0 Å². The predicted molar refractivity (Wildman–Crippen MR) is 247 cm³/mol. The van der Waals surface area contributed by atoms with Gasteiger partial charge < -0.3 is 19.3 Å². The maximum absolute atomic E-state index is 3.53. The number of anilines is 8. The van der Waals surface area contributed by atoms with Crippen LogP contribution < -0.4 is 25.6 Å². The van der Waals surface area contributed by atoms with Crippen molar-refractivity contribution in [2.75, 3.05) is 14.7 Å². The van der Waals surface area contributed by atoms with Crippen LogP contribution in [0, 0.1) is 11.8 Å². The number of aromatic nitrogens is 1. The Morgan fingerprint density at radius 1 is 0.559 bits per heavy atom. The Morgan fingerprint density at radius 2 is 1.24 bits per heavy atom. The van der Waals surface area contributed by atoms with E-state index in [-0.39, 0.29) is 18.6 Å². The Labute approximate surface area is 345 Å². The summed E-state index contributed by atoms with van der Waals surface area (Å²) in [4.78, 5) is 7.48. The Bertz CT molecular complexity index is 2990. The molecule has 1 aromatic heterocycles. The molecule has 2 aliphatic heterocycles. The molecule has 12 rings (SSSR count). The van der Waals surface area contributed by atoms with Gasteiger partial charge >= 0.3 is 0 Å².